The molecule has 0 saturated heterocycles. The number of allylic oxidation sites excluding steroid dienone is 3. The van der Waals surface area contributed by atoms with Gasteiger partial charge in [0, 0.05) is 11.4 Å². The summed E-state index contributed by atoms with van der Waals surface area (Å²) in [7, 11) is 0. The van der Waals surface area contributed by atoms with Crippen LogP contribution in [0.4, 0.5) is 8.78 Å². The monoisotopic (exact) mass is 284 g/mol. The maximum atomic E-state index is 13.6. The van der Waals surface area contributed by atoms with Gasteiger partial charge in [-0.05, 0) is 29.7 Å². The first kappa shape index (κ1) is 15.6. The summed E-state index contributed by atoms with van der Waals surface area (Å²) in [4.78, 5) is 11.8. The number of rotatable bonds is 6. The van der Waals surface area contributed by atoms with Crippen LogP contribution < -0.4 is 0 Å². The smallest absolute Gasteiger partial charge is 0.181 e. The molecule has 1 aromatic rings. The third-order valence-corrected chi connectivity index (χ3v) is 2.94. The van der Waals surface area contributed by atoms with Crippen molar-refractivity contribution < 1.29 is 13.6 Å². The van der Waals surface area contributed by atoms with Gasteiger partial charge in [-0.2, -0.15) is 0 Å². The zero-order valence-corrected chi connectivity index (χ0v) is 11.4. The number of hydrogen-bond acceptors (Lipinski definition) is 1. The summed E-state index contributed by atoms with van der Waals surface area (Å²) in [6.45, 7) is 5.59. The van der Waals surface area contributed by atoms with E-state index in [4.69, 9.17) is 11.6 Å². The van der Waals surface area contributed by atoms with Crippen molar-refractivity contribution in [2.45, 2.75) is 19.8 Å². The molecule has 0 spiro atoms. The molecule has 0 saturated carbocycles. The molecule has 0 unspecified atom stereocenters. The van der Waals surface area contributed by atoms with E-state index in [2.05, 4.69) is 6.58 Å². The zero-order chi connectivity index (χ0) is 14.4. The second kappa shape index (κ2) is 7.19. The van der Waals surface area contributed by atoms with Crippen LogP contribution in [0, 0.1) is 11.6 Å². The zero-order valence-electron chi connectivity index (χ0n) is 10.7. The molecule has 0 fully saturated rings. The standard InChI is InChI=1S/C15H15ClF2O/c1-3-5-10(2)14(19)8-11(9-16)12-6-4-7-13(17)15(12)18/h4,6-8H,2-3,5,9H2,1H3/b11-8+. The van der Waals surface area contributed by atoms with E-state index in [1.54, 1.807) is 0 Å². The van der Waals surface area contributed by atoms with Crippen LogP contribution in [0.5, 0.6) is 0 Å². The Morgan fingerprint density at radius 1 is 1.42 bits per heavy atom. The molecule has 102 valence electrons. The molecule has 0 bridgehead atoms. The Hall–Kier alpha value is -1.48. The van der Waals surface area contributed by atoms with Gasteiger partial charge in [0.15, 0.2) is 17.4 Å². The quantitative estimate of drug-likeness (QED) is 0.555. The van der Waals surface area contributed by atoms with Crippen molar-refractivity contribution in [3.8, 4) is 0 Å². The lowest BCUT2D eigenvalue weighted by Gasteiger charge is -2.07. The van der Waals surface area contributed by atoms with Gasteiger partial charge in [-0.25, -0.2) is 8.78 Å². The average Bonchev–Trinajstić information content (AvgIpc) is 2.39. The topological polar surface area (TPSA) is 17.1 Å². The third kappa shape index (κ3) is 4.00. The fraction of sp³-hybridized carbons (Fsp3) is 0.267. The Balaban J connectivity index is 3.10. The van der Waals surface area contributed by atoms with E-state index in [9.17, 15) is 13.6 Å². The van der Waals surface area contributed by atoms with Crippen LogP contribution in [0.15, 0.2) is 36.4 Å². The second-order valence-corrected chi connectivity index (χ2v) is 4.39. The summed E-state index contributed by atoms with van der Waals surface area (Å²) in [5.41, 5.74) is 0.690. The van der Waals surface area contributed by atoms with Crippen molar-refractivity contribution in [1.82, 2.24) is 0 Å². The molecule has 0 aliphatic rings. The summed E-state index contributed by atoms with van der Waals surface area (Å²) in [5.74, 6) is -2.34. The van der Waals surface area contributed by atoms with E-state index in [1.165, 1.54) is 18.2 Å². The predicted molar refractivity (Wildman–Crippen MR) is 74.1 cm³/mol. The van der Waals surface area contributed by atoms with Crippen molar-refractivity contribution >= 4 is 23.0 Å². The fourth-order valence-corrected chi connectivity index (χ4v) is 1.85. The molecule has 0 aromatic heterocycles. The van der Waals surface area contributed by atoms with Gasteiger partial charge in [0.1, 0.15) is 0 Å². The molecule has 0 aliphatic heterocycles. The number of carbonyl (C=O) groups is 1. The van der Waals surface area contributed by atoms with Gasteiger partial charge in [0.05, 0.1) is 0 Å². The van der Waals surface area contributed by atoms with E-state index >= 15 is 0 Å². The first-order chi connectivity index (χ1) is 9.01. The van der Waals surface area contributed by atoms with Gasteiger partial charge in [0.25, 0.3) is 0 Å². The molecule has 0 N–H and O–H groups in total. The molecule has 0 aliphatic carbocycles. The first-order valence-electron chi connectivity index (χ1n) is 5.94. The van der Waals surface area contributed by atoms with Gasteiger partial charge < -0.3 is 0 Å². The Labute approximate surface area is 116 Å². The summed E-state index contributed by atoms with van der Waals surface area (Å²) in [5, 5.41) is 0. The van der Waals surface area contributed by atoms with Crippen molar-refractivity contribution in [3.63, 3.8) is 0 Å². The molecule has 0 amide bonds. The molecule has 1 rings (SSSR count). The molecule has 0 atom stereocenters. The highest BCUT2D eigenvalue weighted by atomic mass is 35.5. The molecule has 19 heavy (non-hydrogen) atoms. The maximum Gasteiger partial charge on any atom is 0.181 e. The van der Waals surface area contributed by atoms with Crippen LogP contribution in [0.3, 0.4) is 0 Å². The Kier molecular flexibility index (Phi) is 5.90. The van der Waals surface area contributed by atoms with Crippen LogP contribution in [0.25, 0.3) is 5.57 Å². The molecule has 0 radical (unpaired) electrons. The van der Waals surface area contributed by atoms with Gasteiger partial charge >= 0.3 is 0 Å². The highest BCUT2D eigenvalue weighted by Gasteiger charge is 2.13. The van der Waals surface area contributed by atoms with Gasteiger partial charge in [-0.1, -0.05) is 32.1 Å². The minimum atomic E-state index is -0.997. The Bertz CT molecular complexity index is 521. The van der Waals surface area contributed by atoms with Gasteiger partial charge in [0.2, 0.25) is 0 Å². The second-order valence-electron chi connectivity index (χ2n) is 4.12. The lowest BCUT2D eigenvalue weighted by atomic mass is 10.0. The molecule has 0 heterocycles. The van der Waals surface area contributed by atoms with Crippen LogP contribution in [0.1, 0.15) is 25.3 Å². The lowest BCUT2D eigenvalue weighted by molar-refractivity contribution is -0.111. The van der Waals surface area contributed by atoms with Crippen LogP contribution in [-0.2, 0) is 4.79 Å². The molecular formula is C15H15ClF2O. The molecule has 1 nitrogen and oxygen atoms in total. The SMILES string of the molecule is C=C(CCC)C(=O)/C=C(\CCl)c1cccc(F)c1F. The summed E-state index contributed by atoms with van der Waals surface area (Å²) < 4.78 is 26.8. The maximum absolute atomic E-state index is 13.6. The van der Waals surface area contributed by atoms with Gasteiger partial charge in [-0.3, -0.25) is 4.79 Å². The van der Waals surface area contributed by atoms with Crippen molar-refractivity contribution in [3.05, 3.63) is 53.6 Å². The Morgan fingerprint density at radius 2 is 2.11 bits per heavy atom. The normalized spacial score (nSPS) is 11.5. The summed E-state index contributed by atoms with van der Waals surface area (Å²) in [6, 6.07) is 3.78. The van der Waals surface area contributed by atoms with Crippen molar-refractivity contribution in [2.24, 2.45) is 0 Å². The molecule has 1 aromatic carbocycles. The highest BCUT2D eigenvalue weighted by Crippen LogP contribution is 2.22. The molecular weight excluding hydrogens is 270 g/mol. The number of benzene rings is 1. The van der Waals surface area contributed by atoms with Gasteiger partial charge in [-0.15, -0.1) is 11.6 Å². The predicted octanol–water partition coefficient (Wildman–Crippen LogP) is 4.51. The number of ketones is 1. The van der Waals surface area contributed by atoms with E-state index in [0.29, 0.717) is 12.0 Å². The van der Waals surface area contributed by atoms with Crippen molar-refractivity contribution in [2.75, 3.05) is 5.88 Å². The third-order valence-electron chi connectivity index (χ3n) is 2.65. The largest absolute Gasteiger partial charge is 0.290 e. The number of alkyl halides is 1. The van der Waals surface area contributed by atoms with Crippen LogP contribution >= 0.6 is 11.6 Å². The minimum absolute atomic E-state index is 0.00708. The first-order valence-corrected chi connectivity index (χ1v) is 6.47. The average molecular weight is 285 g/mol. The summed E-state index contributed by atoms with van der Waals surface area (Å²) >= 11 is 5.71. The highest BCUT2D eigenvalue weighted by molar-refractivity contribution is 6.24. The van der Waals surface area contributed by atoms with E-state index < -0.39 is 11.6 Å². The van der Waals surface area contributed by atoms with Crippen LogP contribution in [0.2, 0.25) is 0 Å². The number of halogens is 3. The van der Waals surface area contributed by atoms with E-state index in [-0.39, 0.29) is 22.8 Å². The lowest BCUT2D eigenvalue weighted by Crippen LogP contribution is -2.01. The minimum Gasteiger partial charge on any atom is -0.290 e. The van der Waals surface area contributed by atoms with E-state index in [0.717, 1.165) is 12.5 Å². The Morgan fingerprint density at radius 3 is 2.68 bits per heavy atom. The fourth-order valence-electron chi connectivity index (χ4n) is 1.63. The van der Waals surface area contributed by atoms with Crippen molar-refractivity contribution in [1.29, 1.82) is 0 Å². The number of hydrogen-bond donors (Lipinski definition) is 0. The van der Waals surface area contributed by atoms with Crippen LogP contribution in [-0.4, -0.2) is 11.7 Å². The number of carbonyl (C=O) groups excluding carboxylic acids is 1. The molecule has 4 heteroatoms. The summed E-state index contributed by atoms with van der Waals surface area (Å²) in [6.07, 6.45) is 2.59. The van der Waals surface area contributed by atoms with E-state index in [1.807, 2.05) is 6.92 Å².